The molecule has 0 aromatic heterocycles. The summed E-state index contributed by atoms with van der Waals surface area (Å²) in [5, 5.41) is 10.9. The number of hydrogen-bond acceptors (Lipinski definition) is 3. The predicted octanol–water partition coefficient (Wildman–Crippen LogP) is 11.6. The summed E-state index contributed by atoms with van der Waals surface area (Å²) in [5.41, 5.74) is 0. The van der Waals surface area contributed by atoms with Crippen molar-refractivity contribution in [1.29, 1.82) is 0 Å². The van der Waals surface area contributed by atoms with Gasteiger partial charge in [-0.25, -0.2) is 5.06 Å². The van der Waals surface area contributed by atoms with Crippen molar-refractivity contribution in [3.05, 3.63) is 0 Å². The third-order valence-electron chi connectivity index (χ3n) is 8.08. The summed E-state index contributed by atoms with van der Waals surface area (Å²) in [5.74, 6) is -0.134. The molecule has 0 atom stereocenters. The highest BCUT2D eigenvalue weighted by Crippen LogP contribution is 2.14. The lowest BCUT2D eigenvalue weighted by atomic mass is 10.0. The number of nitrogens with zero attached hydrogens (tertiary/aromatic N) is 1. The smallest absolute Gasteiger partial charge is 0.245 e. The highest BCUT2D eigenvalue weighted by atomic mass is 16.5. The SMILES string of the molecule is CCCCCCCCCCCCCCCCOCCCN(O)C(=O)CCCCCCCCCCCCCCC. The van der Waals surface area contributed by atoms with Crippen LogP contribution >= 0.6 is 0 Å². The zero-order chi connectivity index (χ0) is 28.5. The van der Waals surface area contributed by atoms with E-state index in [0.29, 0.717) is 26.0 Å². The Balaban J connectivity index is 3.26. The molecule has 0 heterocycles. The van der Waals surface area contributed by atoms with E-state index in [4.69, 9.17) is 4.74 Å². The number of carbonyl (C=O) groups excluding carboxylic acids is 1. The Labute approximate surface area is 245 Å². The molecule has 0 aliphatic carbocycles. The molecule has 0 saturated carbocycles. The molecular weight excluding hydrogens is 482 g/mol. The minimum absolute atomic E-state index is 0.134. The van der Waals surface area contributed by atoms with Crippen molar-refractivity contribution >= 4 is 5.91 Å². The summed E-state index contributed by atoms with van der Waals surface area (Å²) in [7, 11) is 0. The van der Waals surface area contributed by atoms with Crippen LogP contribution in [0.4, 0.5) is 0 Å². The molecule has 0 aliphatic rings. The Hall–Kier alpha value is -0.610. The normalized spacial score (nSPS) is 11.4. The van der Waals surface area contributed by atoms with Crippen LogP contribution in [0.2, 0.25) is 0 Å². The molecule has 1 amide bonds. The van der Waals surface area contributed by atoms with Crippen molar-refractivity contribution in [2.45, 2.75) is 200 Å². The Morgan fingerprint density at radius 3 is 1.15 bits per heavy atom. The maximum absolute atomic E-state index is 12.1. The first kappa shape index (κ1) is 38.4. The summed E-state index contributed by atoms with van der Waals surface area (Å²) in [4.78, 5) is 12.1. The largest absolute Gasteiger partial charge is 0.381 e. The van der Waals surface area contributed by atoms with Crippen molar-refractivity contribution in [3.63, 3.8) is 0 Å². The minimum Gasteiger partial charge on any atom is -0.381 e. The monoisotopic (exact) mass is 554 g/mol. The van der Waals surface area contributed by atoms with E-state index >= 15 is 0 Å². The first-order valence-corrected chi connectivity index (χ1v) is 17.8. The summed E-state index contributed by atoms with van der Waals surface area (Å²) in [6.07, 6.45) is 37.3. The quantitative estimate of drug-likeness (QED) is 0.0499. The zero-order valence-electron chi connectivity index (χ0n) is 26.8. The Bertz CT molecular complexity index is 471. The Morgan fingerprint density at radius 2 is 0.769 bits per heavy atom. The van der Waals surface area contributed by atoms with Gasteiger partial charge in [0.05, 0.1) is 6.54 Å². The Kier molecular flexibility index (Phi) is 33.1. The lowest BCUT2D eigenvalue weighted by Crippen LogP contribution is -2.28. The van der Waals surface area contributed by atoms with Crippen LogP contribution in [-0.2, 0) is 9.53 Å². The second kappa shape index (κ2) is 33.6. The van der Waals surface area contributed by atoms with E-state index in [2.05, 4.69) is 13.8 Å². The van der Waals surface area contributed by atoms with Crippen LogP contribution < -0.4 is 0 Å². The van der Waals surface area contributed by atoms with E-state index in [1.165, 1.54) is 154 Å². The van der Waals surface area contributed by atoms with Gasteiger partial charge in [-0.3, -0.25) is 10.0 Å². The molecule has 4 nitrogen and oxygen atoms in total. The molecule has 0 aliphatic heterocycles. The van der Waals surface area contributed by atoms with Crippen molar-refractivity contribution in [2.24, 2.45) is 0 Å². The molecule has 39 heavy (non-hydrogen) atoms. The molecular formula is C35H71NO3. The predicted molar refractivity (Wildman–Crippen MR) is 170 cm³/mol. The fourth-order valence-corrected chi connectivity index (χ4v) is 5.36. The molecule has 4 heteroatoms. The number of hydrogen-bond donors (Lipinski definition) is 1. The third-order valence-corrected chi connectivity index (χ3v) is 8.08. The van der Waals surface area contributed by atoms with Crippen LogP contribution in [0.5, 0.6) is 0 Å². The van der Waals surface area contributed by atoms with E-state index in [1.807, 2.05) is 0 Å². The summed E-state index contributed by atoms with van der Waals surface area (Å²) in [6.45, 7) is 6.37. The van der Waals surface area contributed by atoms with Crippen LogP contribution in [0.1, 0.15) is 200 Å². The average molecular weight is 554 g/mol. The maximum Gasteiger partial charge on any atom is 0.245 e. The highest BCUT2D eigenvalue weighted by Gasteiger charge is 2.09. The van der Waals surface area contributed by atoms with Gasteiger partial charge in [0.1, 0.15) is 0 Å². The topological polar surface area (TPSA) is 49.8 Å². The van der Waals surface area contributed by atoms with Crippen LogP contribution in [0.15, 0.2) is 0 Å². The molecule has 0 saturated heterocycles. The number of carbonyl (C=O) groups is 1. The Morgan fingerprint density at radius 1 is 0.462 bits per heavy atom. The second-order valence-corrected chi connectivity index (χ2v) is 12.1. The molecule has 1 N–H and O–H groups in total. The van der Waals surface area contributed by atoms with E-state index in [-0.39, 0.29) is 5.91 Å². The molecule has 0 fully saturated rings. The van der Waals surface area contributed by atoms with Crippen molar-refractivity contribution < 1.29 is 14.7 Å². The lowest BCUT2D eigenvalue weighted by Gasteiger charge is -2.15. The standard InChI is InChI=1S/C35H71NO3/c1-3-5-7-9-11-13-15-17-19-21-23-25-27-29-33-39-34-30-32-36(38)35(37)31-28-26-24-22-20-18-16-14-12-10-8-6-4-2/h38H,3-34H2,1-2H3. The fraction of sp³-hybridized carbons (Fsp3) is 0.971. The van der Waals surface area contributed by atoms with Gasteiger partial charge in [-0.1, -0.05) is 174 Å². The van der Waals surface area contributed by atoms with Gasteiger partial charge in [0, 0.05) is 19.6 Å². The van der Waals surface area contributed by atoms with Gasteiger partial charge < -0.3 is 4.74 Å². The summed E-state index contributed by atoms with van der Waals surface area (Å²) < 4.78 is 5.70. The molecule has 0 unspecified atom stereocenters. The zero-order valence-corrected chi connectivity index (χ0v) is 26.8. The highest BCUT2D eigenvalue weighted by molar-refractivity contribution is 5.74. The number of unbranched alkanes of at least 4 members (excludes halogenated alkanes) is 25. The van der Waals surface area contributed by atoms with Gasteiger partial charge in [0.25, 0.3) is 0 Å². The number of amides is 1. The number of rotatable bonds is 33. The summed E-state index contributed by atoms with van der Waals surface area (Å²) >= 11 is 0. The van der Waals surface area contributed by atoms with Crippen LogP contribution in [0, 0.1) is 0 Å². The van der Waals surface area contributed by atoms with Gasteiger partial charge in [0.2, 0.25) is 5.91 Å². The molecule has 0 spiro atoms. The van der Waals surface area contributed by atoms with Gasteiger partial charge in [0.15, 0.2) is 0 Å². The minimum atomic E-state index is -0.134. The van der Waals surface area contributed by atoms with E-state index < -0.39 is 0 Å². The fourth-order valence-electron chi connectivity index (χ4n) is 5.36. The van der Waals surface area contributed by atoms with Gasteiger partial charge in [-0.15, -0.1) is 0 Å². The summed E-state index contributed by atoms with van der Waals surface area (Å²) in [6, 6.07) is 0. The molecule has 0 aromatic rings. The average Bonchev–Trinajstić information content (AvgIpc) is 2.94. The first-order valence-electron chi connectivity index (χ1n) is 17.8. The van der Waals surface area contributed by atoms with E-state index in [1.54, 1.807) is 0 Å². The van der Waals surface area contributed by atoms with Gasteiger partial charge >= 0.3 is 0 Å². The maximum atomic E-state index is 12.1. The van der Waals surface area contributed by atoms with Crippen molar-refractivity contribution in [1.82, 2.24) is 5.06 Å². The number of ether oxygens (including phenoxy) is 1. The number of hydroxylamine groups is 2. The van der Waals surface area contributed by atoms with Crippen LogP contribution in [0.3, 0.4) is 0 Å². The van der Waals surface area contributed by atoms with Crippen LogP contribution in [0.25, 0.3) is 0 Å². The molecule has 0 bridgehead atoms. The third kappa shape index (κ3) is 31.8. The van der Waals surface area contributed by atoms with Crippen LogP contribution in [-0.4, -0.2) is 35.9 Å². The first-order chi connectivity index (χ1) is 19.2. The van der Waals surface area contributed by atoms with E-state index in [9.17, 15) is 10.0 Å². The van der Waals surface area contributed by atoms with Gasteiger partial charge in [-0.2, -0.15) is 0 Å². The van der Waals surface area contributed by atoms with Crippen molar-refractivity contribution in [2.75, 3.05) is 19.8 Å². The molecule has 0 radical (unpaired) electrons. The molecule has 0 rings (SSSR count). The van der Waals surface area contributed by atoms with Gasteiger partial charge in [-0.05, 0) is 19.3 Å². The lowest BCUT2D eigenvalue weighted by molar-refractivity contribution is -0.166. The molecule has 0 aromatic carbocycles. The van der Waals surface area contributed by atoms with E-state index in [0.717, 1.165) is 30.9 Å². The van der Waals surface area contributed by atoms with Crippen molar-refractivity contribution in [3.8, 4) is 0 Å². The second-order valence-electron chi connectivity index (χ2n) is 12.1. The molecule has 234 valence electrons.